The molecule has 0 bridgehead atoms. The average Bonchev–Trinajstić information content (AvgIpc) is 3.16. The summed E-state index contributed by atoms with van der Waals surface area (Å²) in [6.07, 6.45) is 5.57. The third-order valence-electron chi connectivity index (χ3n) is 5.76. The number of aliphatic hydroxyl groups excluding tert-OH is 1. The minimum absolute atomic E-state index is 0.0132. The van der Waals surface area contributed by atoms with Crippen molar-refractivity contribution in [3.8, 4) is 11.8 Å². The van der Waals surface area contributed by atoms with Crippen LogP contribution in [0.4, 0.5) is 0 Å². The second-order valence-electron chi connectivity index (χ2n) is 8.17. The summed E-state index contributed by atoms with van der Waals surface area (Å²) in [7, 11) is 0. The van der Waals surface area contributed by atoms with Gasteiger partial charge in [0.2, 0.25) is 5.91 Å². The summed E-state index contributed by atoms with van der Waals surface area (Å²) in [6.45, 7) is 2.53. The van der Waals surface area contributed by atoms with Crippen molar-refractivity contribution in [1.82, 2.24) is 4.90 Å². The Morgan fingerprint density at radius 2 is 1.91 bits per heavy atom. The lowest BCUT2D eigenvalue weighted by Gasteiger charge is -2.23. The Morgan fingerprint density at radius 1 is 1.19 bits per heavy atom. The van der Waals surface area contributed by atoms with Gasteiger partial charge in [0.25, 0.3) is 0 Å². The molecule has 1 fully saturated rings. The minimum Gasteiger partial charge on any atom is -0.478 e. The van der Waals surface area contributed by atoms with E-state index in [9.17, 15) is 14.7 Å². The molecule has 1 amide bonds. The monoisotopic (exact) mass is 431 g/mol. The van der Waals surface area contributed by atoms with Crippen molar-refractivity contribution in [1.29, 1.82) is 0 Å². The van der Waals surface area contributed by atoms with Crippen LogP contribution < -0.4 is 0 Å². The summed E-state index contributed by atoms with van der Waals surface area (Å²) in [4.78, 5) is 25.2. The van der Waals surface area contributed by atoms with Crippen molar-refractivity contribution in [3.05, 3.63) is 83.4 Å². The lowest BCUT2D eigenvalue weighted by molar-refractivity contribution is -0.128. The normalized spacial score (nSPS) is 17.8. The molecule has 0 aliphatic carbocycles. The van der Waals surface area contributed by atoms with Crippen molar-refractivity contribution >= 4 is 11.9 Å². The number of likely N-dealkylation sites (tertiary alicyclic amines) is 1. The van der Waals surface area contributed by atoms with Crippen LogP contribution in [0.15, 0.2) is 66.7 Å². The van der Waals surface area contributed by atoms with E-state index in [-0.39, 0.29) is 23.4 Å². The second kappa shape index (κ2) is 11.3. The van der Waals surface area contributed by atoms with Crippen LogP contribution >= 0.6 is 0 Å². The maximum Gasteiger partial charge on any atom is 0.335 e. The predicted molar refractivity (Wildman–Crippen MR) is 124 cm³/mol. The number of carboxylic acids is 1. The third-order valence-corrected chi connectivity index (χ3v) is 5.76. The van der Waals surface area contributed by atoms with E-state index in [4.69, 9.17) is 5.11 Å². The van der Waals surface area contributed by atoms with Crippen LogP contribution in [0.3, 0.4) is 0 Å². The second-order valence-corrected chi connectivity index (χ2v) is 8.17. The van der Waals surface area contributed by atoms with Gasteiger partial charge in [0, 0.05) is 24.9 Å². The first-order chi connectivity index (χ1) is 15.4. The first kappa shape index (κ1) is 23.3. The number of hydrogen-bond acceptors (Lipinski definition) is 3. The molecule has 2 aromatic carbocycles. The summed E-state index contributed by atoms with van der Waals surface area (Å²) in [5.74, 6) is 5.39. The van der Waals surface area contributed by atoms with Gasteiger partial charge in [0.05, 0.1) is 17.7 Å². The molecule has 0 spiro atoms. The largest absolute Gasteiger partial charge is 0.478 e. The number of aliphatic hydroxyl groups is 1. The smallest absolute Gasteiger partial charge is 0.335 e. The van der Waals surface area contributed by atoms with E-state index in [1.54, 1.807) is 30.3 Å². The van der Waals surface area contributed by atoms with Gasteiger partial charge in [0.1, 0.15) is 0 Å². The van der Waals surface area contributed by atoms with Gasteiger partial charge in [-0.2, -0.15) is 0 Å². The summed E-state index contributed by atoms with van der Waals surface area (Å²) >= 11 is 0. The minimum atomic E-state index is -0.949. The third kappa shape index (κ3) is 6.57. The highest BCUT2D eigenvalue weighted by Crippen LogP contribution is 2.21. The molecule has 3 rings (SSSR count). The van der Waals surface area contributed by atoms with Crippen LogP contribution in [0.5, 0.6) is 0 Å². The predicted octanol–water partition coefficient (Wildman–Crippen LogP) is 3.91. The van der Waals surface area contributed by atoms with Gasteiger partial charge < -0.3 is 15.1 Å². The lowest BCUT2D eigenvalue weighted by Crippen LogP contribution is -2.34. The Kier molecular flexibility index (Phi) is 8.24. The van der Waals surface area contributed by atoms with Crippen molar-refractivity contribution < 1.29 is 19.8 Å². The molecule has 5 nitrogen and oxygen atoms in total. The molecule has 1 aliphatic rings. The molecule has 1 unspecified atom stereocenters. The van der Waals surface area contributed by atoms with E-state index in [1.807, 2.05) is 48.2 Å². The lowest BCUT2D eigenvalue weighted by atomic mass is 9.99. The quantitative estimate of drug-likeness (QED) is 0.491. The number of rotatable bonds is 8. The molecule has 2 N–H and O–H groups in total. The Labute approximate surface area is 189 Å². The first-order valence-corrected chi connectivity index (χ1v) is 11.0. The van der Waals surface area contributed by atoms with Crippen molar-refractivity contribution in [2.75, 3.05) is 6.54 Å². The molecule has 32 heavy (non-hydrogen) atoms. The maximum absolute atomic E-state index is 12.3. The molecular formula is C27H29NO4. The van der Waals surface area contributed by atoms with Gasteiger partial charge in [-0.1, -0.05) is 61.2 Å². The van der Waals surface area contributed by atoms with Crippen LogP contribution in [0.1, 0.15) is 47.7 Å². The number of amides is 1. The van der Waals surface area contributed by atoms with Crippen molar-refractivity contribution in [2.45, 2.75) is 44.8 Å². The van der Waals surface area contributed by atoms with E-state index in [1.165, 1.54) is 0 Å². The van der Waals surface area contributed by atoms with E-state index in [0.29, 0.717) is 25.8 Å². The van der Waals surface area contributed by atoms with Crippen molar-refractivity contribution in [3.63, 3.8) is 0 Å². The molecule has 5 heteroatoms. The standard InChI is InChI=1S/C27H29NO4/c1-20(6-5-9-21-7-3-2-4-8-21)25(29)16-14-24-15-17-26(30)28(24)19-18-22-10-12-23(13-11-22)27(31)32/h2-4,7-8,10-14,16,20,24-25,29H,6,15,17-19H2,1H3,(H,31,32)/b16-14+/t20?,24-,25-/m0/s1. The fourth-order valence-corrected chi connectivity index (χ4v) is 3.70. The number of carboxylic acid groups (broad SMARTS) is 1. The van der Waals surface area contributed by atoms with Gasteiger partial charge >= 0.3 is 5.97 Å². The van der Waals surface area contributed by atoms with E-state index < -0.39 is 12.1 Å². The number of hydrogen-bond donors (Lipinski definition) is 2. The molecule has 1 heterocycles. The maximum atomic E-state index is 12.3. The Balaban J connectivity index is 1.52. The van der Waals surface area contributed by atoms with Crippen LogP contribution in [0.2, 0.25) is 0 Å². The number of aromatic carboxylic acids is 1. The van der Waals surface area contributed by atoms with E-state index in [2.05, 4.69) is 11.8 Å². The molecule has 166 valence electrons. The highest BCUT2D eigenvalue weighted by molar-refractivity contribution is 5.87. The molecule has 0 aromatic heterocycles. The van der Waals surface area contributed by atoms with Gasteiger partial charge in [-0.25, -0.2) is 4.79 Å². The Bertz CT molecular complexity index is 1000. The summed E-state index contributed by atoms with van der Waals surface area (Å²) in [6, 6.07) is 16.5. The van der Waals surface area contributed by atoms with Crippen LogP contribution in [-0.2, 0) is 11.2 Å². The highest BCUT2D eigenvalue weighted by Gasteiger charge is 2.28. The average molecular weight is 432 g/mol. The Hall–Kier alpha value is -3.36. The van der Waals surface area contributed by atoms with Crippen LogP contribution in [0.25, 0.3) is 0 Å². The molecule has 1 aliphatic heterocycles. The van der Waals surface area contributed by atoms with Crippen molar-refractivity contribution in [2.24, 2.45) is 5.92 Å². The summed E-state index contributed by atoms with van der Waals surface area (Å²) in [5.41, 5.74) is 2.20. The SMILES string of the molecule is CC(CC#Cc1ccccc1)[C@@H](O)/C=C/[C@H]1CCC(=O)N1CCc1ccc(C(=O)O)cc1. The number of carbonyl (C=O) groups is 2. The number of benzene rings is 2. The summed E-state index contributed by atoms with van der Waals surface area (Å²) < 4.78 is 0. The molecular weight excluding hydrogens is 402 g/mol. The van der Waals surface area contributed by atoms with E-state index in [0.717, 1.165) is 17.5 Å². The zero-order valence-electron chi connectivity index (χ0n) is 18.3. The highest BCUT2D eigenvalue weighted by atomic mass is 16.4. The van der Waals surface area contributed by atoms with Gasteiger partial charge in [-0.05, 0) is 48.6 Å². The topological polar surface area (TPSA) is 77.8 Å². The zero-order valence-corrected chi connectivity index (χ0v) is 18.3. The van der Waals surface area contributed by atoms with E-state index >= 15 is 0 Å². The zero-order chi connectivity index (χ0) is 22.9. The Morgan fingerprint density at radius 3 is 2.59 bits per heavy atom. The first-order valence-electron chi connectivity index (χ1n) is 11.0. The molecule has 1 saturated heterocycles. The van der Waals surface area contributed by atoms with Gasteiger partial charge in [-0.15, -0.1) is 0 Å². The molecule has 0 saturated carbocycles. The fourth-order valence-electron chi connectivity index (χ4n) is 3.70. The van der Waals surface area contributed by atoms with Crippen LogP contribution in [-0.4, -0.2) is 45.7 Å². The summed E-state index contributed by atoms with van der Waals surface area (Å²) in [5, 5.41) is 19.5. The molecule has 3 atom stereocenters. The molecule has 2 aromatic rings. The van der Waals surface area contributed by atoms with Gasteiger partial charge in [-0.3, -0.25) is 4.79 Å². The van der Waals surface area contributed by atoms with Crippen LogP contribution in [0, 0.1) is 17.8 Å². The molecule has 0 radical (unpaired) electrons. The number of carbonyl (C=O) groups excluding carboxylic acids is 1. The fraction of sp³-hybridized carbons (Fsp3) is 0.333. The number of nitrogens with zero attached hydrogens (tertiary/aromatic N) is 1. The van der Waals surface area contributed by atoms with Gasteiger partial charge in [0.15, 0.2) is 0 Å².